The van der Waals surface area contributed by atoms with E-state index in [1.165, 1.54) is 24.3 Å². The summed E-state index contributed by atoms with van der Waals surface area (Å²) in [7, 11) is 0. The number of rotatable bonds is 11. The van der Waals surface area contributed by atoms with Crippen molar-refractivity contribution in [3.8, 4) is 22.1 Å². The van der Waals surface area contributed by atoms with E-state index < -0.39 is 23.1 Å². The zero-order chi connectivity index (χ0) is 24.8. The van der Waals surface area contributed by atoms with Crippen molar-refractivity contribution in [3.05, 3.63) is 58.9 Å². The lowest BCUT2D eigenvalue weighted by Gasteiger charge is -2.17. The van der Waals surface area contributed by atoms with Crippen molar-refractivity contribution in [1.82, 2.24) is 10.2 Å². The first-order valence-electron chi connectivity index (χ1n) is 10.6. The van der Waals surface area contributed by atoms with E-state index in [9.17, 15) is 22.7 Å². The van der Waals surface area contributed by atoms with Gasteiger partial charge in [-0.25, -0.2) is 4.39 Å². The molecule has 0 aliphatic carbocycles. The molecular formula is C23H25F4N3O3S. The van der Waals surface area contributed by atoms with Crippen LogP contribution < -0.4 is 15.2 Å². The summed E-state index contributed by atoms with van der Waals surface area (Å²) in [5.74, 6) is -0.546. The maximum Gasteiger partial charge on any atom is 0.419 e. The minimum absolute atomic E-state index is 0.0904. The predicted octanol–water partition coefficient (Wildman–Crippen LogP) is 5.16. The number of benzene rings is 2. The molecule has 1 aromatic heterocycles. The lowest BCUT2D eigenvalue weighted by Crippen LogP contribution is -2.36. The Balaban J connectivity index is 1.57. The van der Waals surface area contributed by atoms with Crippen LogP contribution in [0.3, 0.4) is 0 Å². The first kappa shape index (κ1) is 25.9. The number of aliphatic hydroxyl groups excluding tert-OH is 1. The third-order valence-electron chi connectivity index (χ3n) is 4.91. The molecule has 3 rings (SSSR count). The van der Waals surface area contributed by atoms with Gasteiger partial charge in [0.15, 0.2) is 11.6 Å². The molecule has 0 aliphatic rings. The molecule has 34 heavy (non-hydrogen) atoms. The number of aromatic nitrogens is 2. The average Bonchev–Trinajstić information content (AvgIpc) is 3.30. The second kappa shape index (κ2) is 11.1. The number of unbranched alkanes of at least 4 members (excludes halogenated alkanes) is 2. The first-order valence-corrected chi connectivity index (χ1v) is 11.4. The third kappa shape index (κ3) is 6.64. The average molecular weight is 500 g/mol. The highest BCUT2D eigenvalue weighted by Gasteiger charge is 2.35. The third-order valence-corrected chi connectivity index (χ3v) is 6.17. The summed E-state index contributed by atoms with van der Waals surface area (Å²) in [5.41, 5.74) is 4.10. The molecule has 1 atom stereocenters. The number of para-hydroxylation sites is 1. The predicted molar refractivity (Wildman–Crippen MR) is 120 cm³/mol. The second-order valence-corrected chi connectivity index (χ2v) is 8.86. The molecule has 2 aromatic carbocycles. The van der Waals surface area contributed by atoms with Gasteiger partial charge >= 0.3 is 6.18 Å². The van der Waals surface area contributed by atoms with Gasteiger partial charge in [0.25, 0.3) is 0 Å². The van der Waals surface area contributed by atoms with Gasteiger partial charge in [0.2, 0.25) is 0 Å². The topological polar surface area (TPSA) is 90.5 Å². The smallest absolute Gasteiger partial charge is 0.419 e. The van der Waals surface area contributed by atoms with Crippen molar-refractivity contribution < 1.29 is 32.1 Å². The Hall–Kier alpha value is -2.76. The molecule has 0 amide bonds. The zero-order valence-corrected chi connectivity index (χ0v) is 19.3. The SMILES string of the molecule is C[C@](N)(CO)c1nnc(-c2ccc(OCCCCCOc3ccccc3F)c(C(F)(F)F)c2)s1. The number of nitrogens with zero attached hydrogens (tertiary/aromatic N) is 2. The van der Waals surface area contributed by atoms with Crippen LogP contribution in [0, 0.1) is 5.82 Å². The van der Waals surface area contributed by atoms with E-state index >= 15 is 0 Å². The summed E-state index contributed by atoms with van der Waals surface area (Å²) in [6.07, 6.45) is -2.87. The fourth-order valence-electron chi connectivity index (χ4n) is 2.96. The minimum Gasteiger partial charge on any atom is -0.493 e. The van der Waals surface area contributed by atoms with Crippen LogP contribution in [0.4, 0.5) is 17.6 Å². The minimum atomic E-state index is -4.63. The van der Waals surface area contributed by atoms with Crippen LogP contribution in [-0.4, -0.2) is 35.1 Å². The number of hydrogen-bond acceptors (Lipinski definition) is 7. The number of alkyl halides is 3. The highest BCUT2D eigenvalue weighted by atomic mass is 32.1. The van der Waals surface area contributed by atoms with Gasteiger partial charge in [-0.15, -0.1) is 10.2 Å². The molecule has 3 aromatic rings. The maximum absolute atomic E-state index is 13.6. The molecular weight excluding hydrogens is 474 g/mol. The van der Waals surface area contributed by atoms with E-state index in [1.807, 2.05) is 0 Å². The van der Waals surface area contributed by atoms with Gasteiger partial charge in [0.05, 0.1) is 30.9 Å². The summed E-state index contributed by atoms with van der Waals surface area (Å²) >= 11 is 1.02. The molecule has 0 radical (unpaired) electrons. The van der Waals surface area contributed by atoms with E-state index in [0.717, 1.165) is 17.4 Å². The van der Waals surface area contributed by atoms with Crippen molar-refractivity contribution in [2.45, 2.75) is 37.9 Å². The molecule has 184 valence electrons. The molecule has 6 nitrogen and oxygen atoms in total. The fourth-order valence-corrected chi connectivity index (χ4v) is 3.84. The van der Waals surface area contributed by atoms with Crippen LogP contribution in [0.15, 0.2) is 42.5 Å². The Labute approximate surface area is 198 Å². The molecule has 0 aliphatic heterocycles. The molecule has 1 heterocycles. The molecule has 0 saturated carbocycles. The Morgan fingerprint density at radius 1 is 0.971 bits per heavy atom. The van der Waals surface area contributed by atoms with E-state index in [4.69, 9.17) is 15.2 Å². The van der Waals surface area contributed by atoms with Gasteiger partial charge in [0.1, 0.15) is 15.8 Å². The van der Waals surface area contributed by atoms with Crippen molar-refractivity contribution in [1.29, 1.82) is 0 Å². The van der Waals surface area contributed by atoms with E-state index in [-0.39, 0.29) is 35.3 Å². The molecule has 0 fully saturated rings. The number of aliphatic hydroxyl groups is 1. The van der Waals surface area contributed by atoms with Crippen LogP contribution in [0.5, 0.6) is 11.5 Å². The highest BCUT2D eigenvalue weighted by Crippen LogP contribution is 2.39. The monoisotopic (exact) mass is 499 g/mol. The Bertz CT molecular complexity index is 1090. The van der Waals surface area contributed by atoms with Crippen LogP contribution >= 0.6 is 11.3 Å². The van der Waals surface area contributed by atoms with Gasteiger partial charge in [-0.1, -0.05) is 23.5 Å². The summed E-state index contributed by atoms with van der Waals surface area (Å²) in [6, 6.07) is 9.78. The Kier molecular flexibility index (Phi) is 8.45. The van der Waals surface area contributed by atoms with Gasteiger partial charge in [-0.2, -0.15) is 13.2 Å². The Morgan fingerprint density at radius 3 is 2.29 bits per heavy atom. The van der Waals surface area contributed by atoms with E-state index in [0.29, 0.717) is 30.9 Å². The normalized spacial score (nSPS) is 13.5. The van der Waals surface area contributed by atoms with Crippen LogP contribution in [0.25, 0.3) is 10.6 Å². The van der Waals surface area contributed by atoms with Crippen molar-refractivity contribution in [3.63, 3.8) is 0 Å². The molecule has 3 N–H and O–H groups in total. The van der Waals surface area contributed by atoms with Crippen LogP contribution in [-0.2, 0) is 11.7 Å². The Morgan fingerprint density at radius 2 is 1.65 bits per heavy atom. The van der Waals surface area contributed by atoms with E-state index in [2.05, 4.69) is 10.2 Å². The molecule has 0 unspecified atom stereocenters. The summed E-state index contributed by atoms with van der Waals surface area (Å²) < 4.78 is 65.2. The lowest BCUT2D eigenvalue weighted by atomic mass is 10.1. The number of hydrogen-bond donors (Lipinski definition) is 2. The van der Waals surface area contributed by atoms with Crippen molar-refractivity contribution >= 4 is 11.3 Å². The van der Waals surface area contributed by atoms with Crippen LogP contribution in [0.1, 0.15) is 36.8 Å². The van der Waals surface area contributed by atoms with E-state index in [1.54, 1.807) is 19.1 Å². The van der Waals surface area contributed by atoms with Gasteiger partial charge in [-0.05, 0) is 56.5 Å². The first-order chi connectivity index (χ1) is 16.1. The second-order valence-electron chi connectivity index (χ2n) is 7.88. The molecule has 0 saturated heterocycles. The van der Waals surface area contributed by atoms with Gasteiger partial charge in [0, 0.05) is 5.56 Å². The molecule has 0 bridgehead atoms. The number of nitrogens with two attached hydrogens (primary N) is 1. The lowest BCUT2D eigenvalue weighted by molar-refractivity contribution is -0.138. The van der Waals surface area contributed by atoms with Crippen molar-refractivity contribution in [2.24, 2.45) is 5.73 Å². The molecule has 0 spiro atoms. The summed E-state index contributed by atoms with van der Waals surface area (Å²) in [5, 5.41) is 17.7. The number of ether oxygens (including phenoxy) is 2. The number of halogens is 4. The zero-order valence-electron chi connectivity index (χ0n) is 18.4. The quantitative estimate of drug-likeness (QED) is 0.280. The standard InChI is InChI=1S/C23H25F4N3O3S/c1-22(28,14-31)21-30-29-20(34-21)15-9-10-18(16(13-15)23(25,26)27)32-11-5-2-6-12-33-19-8-4-3-7-17(19)24/h3-4,7-10,13,31H,2,5-6,11-12,14,28H2,1H3/t22-/m0/s1. The van der Waals surface area contributed by atoms with Gasteiger partial charge < -0.3 is 20.3 Å². The van der Waals surface area contributed by atoms with Crippen molar-refractivity contribution in [2.75, 3.05) is 19.8 Å². The fraction of sp³-hybridized carbons (Fsp3) is 0.391. The summed E-state index contributed by atoms with van der Waals surface area (Å²) in [6.45, 7) is 1.57. The summed E-state index contributed by atoms with van der Waals surface area (Å²) in [4.78, 5) is 0. The highest BCUT2D eigenvalue weighted by molar-refractivity contribution is 7.14. The largest absolute Gasteiger partial charge is 0.493 e. The maximum atomic E-state index is 13.6. The van der Waals surface area contributed by atoms with Gasteiger partial charge in [-0.3, -0.25) is 0 Å². The van der Waals surface area contributed by atoms with Crippen LogP contribution in [0.2, 0.25) is 0 Å². The molecule has 11 heteroatoms.